The van der Waals surface area contributed by atoms with Gasteiger partial charge in [0.25, 0.3) is 0 Å². The van der Waals surface area contributed by atoms with Crippen molar-refractivity contribution in [3.8, 4) is 0 Å². The molecule has 2 unspecified atom stereocenters. The molecular formula is C68H131NO8P+. The second-order valence-corrected chi connectivity index (χ2v) is 25.7. The second kappa shape index (κ2) is 59.8. The molecule has 0 bridgehead atoms. The number of ether oxygens (including phenoxy) is 2. The van der Waals surface area contributed by atoms with Crippen LogP contribution < -0.4 is 0 Å². The van der Waals surface area contributed by atoms with Crippen molar-refractivity contribution in [1.29, 1.82) is 0 Å². The van der Waals surface area contributed by atoms with Crippen molar-refractivity contribution in [2.75, 3.05) is 47.5 Å². The van der Waals surface area contributed by atoms with E-state index in [4.69, 9.17) is 18.5 Å². The lowest BCUT2D eigenvalue weighted by atomic mass is 10.0. The van der Waals surface area contributed by atoms with Gasteiger partial charge in [0.2, 0.25) is 0 Å². The number of nitrogens with zero attached hydrogens (tertiary/aromatic N) is 1. The lowest BCUT2D eigenvalue weighted by Gasteiger charge is -2.24. The van der Waals surface area contributed by atoms with E-state index in [0.717, 1.165) is 44.9 Å². The Morgan fingerprint density at radius 1 is 0.397 bits per heavy atom. The van der Waals surface area contributed by atoms with Gasteiger partial charge in [-0.05, 0) is 70.6 Å². The number of carbonyl (C=O) groups is 2. The van der Waals surface area contributed by atoms with Crippen LogP contribution in [0.4, 0.5) is 0 Å². The highest BCUT2D eigenvalue weighted by atomic mass is 31.2. The topological polar surface area (TPSA) is 108 Å². The maximum atomic E-state index is 12.8. The van der Waals surface area contributed by atoms with Gasteiger partial charge in [-0.3, -0.25) is 18.6 Å². The lowest BCUT2D eigenvalue weighted by molar-refractivity contribution is -0.870. The average molecular weight is 1120 g/mol. The maximum Gasteiger partial charge on any atom is 0.472 e. The summed E-state index contributed by atoms with van der Waals surface area (Å²) in [4.78, 5) is 35.8. The number of rotatable bonds is 63. The van der Waals surface area contributed by atoms with E-state index in [0.29, 0.717) is 23.9 Å². The van der Waals surface area contributed by atoms with Crippen LogP contribution in [0.25, 0.3) is 0 Å². The minimum absolute atomic E-state index is 0.0331. The van der Waals surface area contributed by atoms with Gasteiger partial charge in [-0.25, -0.2) is 4.57 Å². The van der Waals surface area contributed by atoms with Crippen LogP contribution in [0.15, 0.2) is 36.5 Å². The molecule has 0 aliphatic heterocycles. The van der Waals surface area contributed by atoms with E-state index in [1.165, 1.54) is 257 Å². The van der Waals surface area contributed by atoms with Crippen molar-refractivity contribution in [1.82, 2.24) is 0 Å². The maximum absolute atomic E-state index is 12.8. The van der Waals surface area contributed by atoms with E-state index < -0.39 is 26.5 Å². The summed E-state index contributed by atoms with van der Waals surface area (Å²) in [6, 6.07) is 0. The number of phosphoric ester groups is 1. The molecule has 0 spiro atoms. The van der Waals surface area contributed by atoms with Crippen LogP contribution in [-0.2, 0) is 32.7 Å². The summed E-state index contributed by atoms with van der Waals surface area (Å²) in [6.45, 7) is 4.48. The van der Waals surface area contributed by atoms with E-state index in [1.807, 2.05) is 21.1 Å². The quantitative estimate of drug-likeness (QED) is 0.0211. The number of likely N-dealkylation sites (N-methyl/N-ethyl adjacent to an activating group) is 1. The molecule has 460 valence electrons. The number of allylic oxidation sites excluding steroid dienone is 6. The fourth-order valence-electron chi connectivity index (χ4n) is 9.93. The first-order chi connectivity index (χ1) is 38.0. The summed E-state index contributed by atoms with van der Waals surface area (Å²) in [6.07, 6.45) is 75.3. The highest BCUT2D eigenvalue weighted by Crippen LogP contribution is 2.43. The molecule has 0 aromatic rings. The van der Waals surface area contributed by atoms with Crippen molar-refractivity contribution in [3.63, 3.8) is 0 Å². The van der Waals surface area contributed by atoms with E-state index in [2.05, 4.69) is 50.3 Å². The van der Waals surface area contributed by atoms with E-state index in [9.17, 15) is 19.0 Å². The highest BCUT2D eigenvalue weighted by molar-refractivity contribution is 7.47. The Bertz CT molecular complexity index is 1410. The number of carbonyl (C=O) groups excluding carboxylic acids is 2. The molecule has 0 heterocycles. The monoisotopic (exact) mass is 1120 g/mol. The Morgan fingerprint density at radius 2 is 0.692 bits per heavy atom. The zero-order valence-electron chi connectivity index (χ0n) is 52.4. The van der Waals surface area contributed by atoms with Gasteiger partial charge in [-0.1, -0.05) is 288 Å². The first-order valence-electron chi connectivity index (χ1n) is 33.7. The van der Waals surface area contributed by atoms with Crippen molar-refractivity contribution in [2.45, 2.75) is 341 Å². The molecule has 0 saturated heterocycles. The lowest BCUT2D eigenvalue weighted by Crippen LogP contribution is -2.37. The Morgan fingerprint density at radius 3 is 1.03 bits per heavy atom. The molecule has 0 fully saturated rings. The average Bonchev–Trinajstić information content (AvgIpc) is 3.40. The van der Waals surface area contributed by atoms with Gasteiger partial charge in [0.05, 0.1) is 27.7 Å². The third kappa shape index (κ3) is 63.4. The van der Waals surface area contributed by atoms with E-state index in [-0.39, 0.29) is 25.6 Å². The Kier molecular flexibility index (Phi) is 58.5. The third-order valence-electron chi connectivity index (χ3n) is 15.1. The molecule has 0 rings (SSSR count). The summed E-state index contributed by atoms with van der Waals surface area (Å²) in [5, 5.41) is 0. The number of hydrogen-bond acceptors (Lipinski definition) is 7. The largest absolute Gasteiger partial charge is 0.472 e. The molecule has 0 aliphatic carbocycles. The highest BCUT2D eigenvalue weighted by Gasteiger charge is 2.27. The number of hydrogen-bond donors (Lipinski definition) is 1. The van der Waals surface area contributed by atoms with Crippen LogP contribution >= 0.6 is 7.82 Å². The molecule has 2 atom stereocenters. The number of esters is 2. The summed E-state index contributed by atoms with van der Waals surface area (Å²) >= 11 is 0. The zero-order valence-corrected chi connectivity index (χ0v) is 53.3. The van der Waals surface area contributed by atoms with Gasteiger partial charge >= 0.3 is 19.8 Å². The van der Waals surface area contributed by atoms with Gasteiger partial charge < -0.3 is 18.9 Å². The Hall–Kier alpha value is -1.77. The minimum Gasteiger partial charge on any atom is -0.462 e. The van der Waals surface area contributed by atoms with Crippen LogP contribution in [0, 0.1) is 0 Å². The summed E-state index contributed by atoms with van der Waals surface area (Å²) < 4.78 is 34.7. The second-order valence-electron chi connectivity index (χ2n) is 24.2. The molecule has 1 N–H and O–H groups in total. The summed E-state index contributed by atoms with van der Waals surface area (Å²) in [7, 11) is 1.49. The first-order valence-corrected chi connectivity index (χ1v) is 35.2. The van der Waals surface area contributed by atoms with Gasteiger partial charge in [0.1, 0.15) is 19.8 Å². The molecule has 78 heavy (non-hydrogen) atoms. The predicted octanol–water partition coefficient (Wildman–Crippen LogP) is 21.5. The Balaban J connectivity index is 4.01. The van der Waals surface area contributed by atoms with Gasteiger partial charge in [0, 0.05) is 12.8 Å². The molecule has 0 aromatic carbocycles. The molecule has 0 aliphatic rings. The summed E-state index contributed by atoms with van der Waals surface area (Å²) in [5.74, 6) is -0.782. The van der Waals surface area contributed by atoms with E-state index in [1.54, 1.807) is 0 Å². The normalized spacial score (nSPS) is 13.4. The van der Waals surface area contributed by atoms with Crippen LogP contribution in [-0.4, -0.2) is 74.9 Å². The Labute approximate surface area is 484 Å². The van der Waals surface area contributed by atoms with Crippen molar-refractivity contribution < 1.29 is 42.1 Å². The fourth-order valence-corrected chi connectivity index (χ4v) is 10.7. The van der Waals surface area contributed by atoms with Gasteiger partial charge in [0.15, 0.2) is 6.10 Å². The molecule has 0 amide bonds. The van der Waals surface area contributed by atoms with E-state index >= 15 is 0 Å². The van der Waals surface area contributed by atoms with Crippen molar-refractivity contribution >= 4 is 19.8 Å². The number of phosphoric acid groups is 1. The van der Waals surface area contributed by atoms with Gasteiger partial charge in [-0.2, -0.15) is 0 Å². The fraction of sp³-hybridized carbons (Fsp3) is 0.882. The SMILES string of the molecule is CCCCCCC/C=C\C/C=C\CCCCCCCCCCCCCC(=O)OC(COC(=O)CCCCCCCCCCCCCCCCCCCCC/C=C\CCCCCCCCCC)COP(=O)(O)OCC[N+](C)(C)C. The molecule has 0 radical (unpaired) electrons. The number of unbranched alkanes of at least 4 members (excludes halogenated alkanes) is 43. The predicted molar refractivity (Wildman–Crippen MR) is 335 cm³/mol. The standard InChI is InChI=1S/C68H130NO8P/c1-6-8-10-12-14-16-18-20-22-24-26-28-30-31-32-33-34-35-36-37-39-40-42-44-46-48-50-52-54-56-58-60-67(70)74-64-66(65-76-78(72,73)75-63-62-69(3,4)5)77-68(71)61-59-57-55-53-51-49-47-45-43-41-38-29-27-25-23-21-19-17-15-13-11-9-7-2/h19,21,24-27,66H,6-18,20,22-23,28-65H2,1-5H3/p+1/b21-19-,26-24-,27-25-. The first kappa shape index (κ1) is 76.2. The molecule has 0 aromatic heterocycles. The number of quaternary nitrogens is 1. The summed E-state index contributed by atoms with van der Waals surface area (Å²) in [5.41, 5.74) is 0. The van der Waals surface area contributed by atoms with Crippen molar-refractivity contribution in [3.05, 3.63) is 36.5 Å². The van der Waals surface area contributed by atoms with Crippen LogP contribution in [0.5, 0.6) is 0 Å². The van der Waals surface area contributed by atoms with Crippen LogP contribution in [0.1, 0.15) is 335 Å². The molecule has 9 nitrogen and oxygen atoms in total. The van der Waals surface area contributed by atoms with Gasteiger partial charge in [-0.15, -0.1) is 0 Å². The van der Waals surface area contributed by atoms with Crippen molar-refractivity contribution in [2.24, 2.45) is 0 Å². The smallest absolute Gasteiger partial charge is 0.462 e. The molecular weight excluding hydrogens is 990 g/mol. The third-order valence-corrected chi connectivity index (χ3v) is 16.1. The minimum atomic E-state index is -4.39. The van der Waals surface area contributed by atoms with Crippen LogP contribution in [0.2, 0.25) is 0 Å². The zero-order chi connectivity index (χ0) is 57.0. The molecule has 0 saturated carbocycles. The van der Waals surface area contributed by atoms with Crippen LogP contribution in [0.3, 0.4) is 0 Å². The molecule has 10 heteroatoms.